The molecule has 10 heteroatoms. The summed E-state index contributed by atoms with van der Waals surface area (Å²) in [5.74, 6) is 0.479. The second-order valence-corrected chi connectivity index (χ2v) is 8.58. The van der Waals surface area contributed by atoms with Gasteiger partial charge in [0.2, 0.25) is 0 Å². The Labute approximate surface area is 189 Å². The van der Waals surface area contributed by atoms with Gasteiger partial charge in [0.15, 0.2) is 5.82 Å². The van der Waals surface area contributed by atoms with Gasteiger partial charge in [-0.2, -0.15) is 0 Å². The lowest BCUT2D eigenvalue weighted by Crippen LogP contribution is -2.35. The number of rotatable bonds is 7. The van der Waals surface area contributed by atoms with E-state index in [1.54, 1.807) is 16.8 Å². The van der Waals surface area contributed by atoms with Gasteiger partial charge in [-0.3, -0.25) is 10.1 Å². The summed E-state index contributed by atoms with van der Waals surface area (Å²) < 4.78 is 7.87. The number of nitro groups is 1. The summed E-state index contributed by atoms with van der Waals surface area (Å²) in [5.41, 5.74) is 1.35. The van der Waals surface area contributed by atoms with Crippen LogP contribution in [-0.2, 0) is 17.9 Å². The number of halogens is 2. The molecule has 0 spiro atoms. The molecule has 4 rings (SSSR count). The third kappa shape index (κ3) is 5.03. The molecule has 1 aromatic heterocycles. The smallest absolute Gasteiger partial charge is 0.288 e. The topological polar surface area (TPSA) is 96.0 Å². The first-order valence-electron chi connectivity index (χ1n) is 10.0. The van der Waals surface area contributed by atoms with Crippen LogP contribution < -0.4 is 0 Å². The third-order valence-electron chi connectivity index (χ3n) is 5.51. The number of hydrogen-bond donors (Lipinski definition) is 0. The average molecular weight is 462 g/mol. The van der Waals surface area contributed by atoms with Gasteiger partial charge in [-0.05, 0) is 41.3 Å². The molecular formula is C21H21Cl2N5O3. The first kappa shape index (κ1) is 21.7. The van der Waals surface area contributed by atoms with E-state index >= 15 is 0 Å². The van der Waals surface area contributed by atoms with Crippen molar-refractivity contribution in [3.63, 3.8) is 0 Å². The summed E-state index contributed by atoms with van der Waals surface area (Å²) in [5, 5.41) is 23.3. The zero-order valence-corrected chi connectivity index (χ0v) is 18.1. The molecule has 2 aromatic carbocycles. The van der Waals surface area contributed by atoms with E-state index in [9.17, 15) is 10.1 Å². The van der Waals surface area contributed by atoms with Crippen LogP contribution >= 0.6 is 23.2 Å². The van der Waals surface area contributed by atoms with Gasteiger partial charge in [0.05, 0.1) is 24.2 Å². The summed E-state index contributed by atoms with van der Waals surface area (Å²) in [6.07, 6.45) is 2.51. The quantitative estimate of drug-likeness (QED) is 0.282. The molecule has 1 saturated carbocycles. The van der Waals surface area contributed by atoms with Crippen molar-refractivity contribution in [3.05, 3.63) is 69.2 Å². The van der Waals surface area contributed by atoms with Crippen molar-refractivity contribution in [3.8, 4) is 11.4 Å². The Morgan fingerprint density at radius 3 is 2.74 bits per heavy atom. The number of ether oxygens (including phenoxy) is 1. The lowest BCUT2D eigenvalue weighted by atomic mass is 9.86. The molecule has 1 aliphatic carbocycles. The van der Waals surface area contributed by atoms with Gasteiger partial charge < -0.3 is 4.74 Å². The number of nitro benzene ring substituents is 1. The summed E-state index contributed by atoms with van der Waals surface area (Å²) in [7, 11) is 0. The molecule has 31 heavy (non-hydrogen) atoms. The van der Waals surface area contributed by atoms with Crippen molar-refractivity contribution in [2.45, 2.75) is 43.9 Å². The highest BCUT2D eigenvalue weighted by atomic mass is 35.5. The minimum absolute atomic E-state index is 0.00726. The summed E-state index contributed by atoms with van der Waals surface area (Å²) in [4.78, 5) is 10.7. The van der Waals surface area contributed by atoms with Gasteiger partial charge >= 0.3 is 0 Å². The molecule has 0 N–H and O–H groups in total. The van der Waals surface area contributed by atoms with E-state index in [0.717, 1.165) is 24.8 Å². The molecule has 0 radical (unpaired) electrons. The van der Waals surface area contributed by atoms with Crippen LogP contribution in [0.15, 0.2) is 48.5 Å². The number of tetrazole rings is 1. The van der Waals surface area contributed by atoms with Crippen molar-refractivity contribution in [2.75, 3.05) is 0 Å². The second kappa shape index (κ2) is 9.72. The Morgan fingerprint density at radius 2 is 1.97 bits per heavy atom. The molecule has 0 bridgehead atoms. The largest absolute Gasteiger partial charge is 0.373 e. The van der Waals surface area contributed by atoms with Crippen molar-refractivity contribution in [2.24, 2.45) is 5.92 Å². The van der Waals surface area contributed by atoms with Crippen LogP contribution in [0.1, 0.15) is 24.8 Å². The Hall–Kier alpha value is -2.55. The Bertz CT molecular complexity index is 1050. The zero-order valence-electron chi connectivity index (χ0n) is 16.6. The fourth-order valence-electron chi connectivity index (χ4n) is 3.94. The summed E-state index contributed by atoms with van der Waals surface area (Å²) in [6.45, 7) is 0.998. The maximum atomic E-state index is 11.2. The molecule has 0 amide bonds. The average Bonchev–Trinajstić information content (AvgIpc) is 3.22. The molecule has 1 fully saturated rings. The minimum atomic E-state index is -0.521. The van der Waals surface area contributed by atoms with Crippen LogP contribution in [-0.4, -0.2) is 36.6 Å². The van der Waals surface area contributed by atoms with Crippen molar-refractivity contribution in [1.29, 1.82) is 0 Å². The van der Waals surface area contributed by atoms with E-state index < -0.39 is 4.92 Å². The van der Waals surface area contributed by atoms with Crippen LogP contribution in [0, 0.1) is 16.0 Å². The highest BCUT2D eigenvalue weighted by Crippen LogP contribution is 2.36. The molecule has 162 valence electrons. The standard InChI is InChI=1S/C21H21Cl2N5O3/c22-16-9-10-19(31-13-14-5-2-1-3-6-14)15(11-16)12-27-21(24-25-26-27)17-7-4-8-18(20(17)23)28(29)30/h1-8,15-16,19H,9-13H2/t15?,16?,19-/m0/s1. The normalized spacial score (nSPS) is 21.2. The Morgan fingerprint density at radius 1 is 1.16 bits per heavy atom. The minimum Gasteiger partial charge on any atom is -0.373 e. The highest BCUT2D eigenvalue weighted by Gasteiger charge is 2.32. The maximum absolute atomic E-state index is 11.2. The van der Waals surface area contributed by atoms with Crippen molar-refractivity contribution in [1.82, 2.24) is 20.2 Å². The first-order valence-corrected chi connectivity index (χ1v) is 10.8. The first-order chi connectivity index (χ1) is 15.0. The Balaban J connectivity index is 1.54. The monoisotopic (exact) mass is 461 g/mol. The van der Waals surface area contributed by atoms with Crippen LogP contribution in [0.5, 0.6) is 0 Å². The fourth-order valence-corrected chi connectivity index (χ4v) is 4.58. The third-order valence-corrected chi connectivity index (χ3v) is 6.30. The van der Waals surface area contributed by atoms with Crippen molar-refractivity contribution < 1.29 is 9.66 Å². The van der Waals surface area contributed by atoms with Crippen LogP contribution in [0.2, 0.25) is 5.02 Å². The molecule has 8 nitrogen and oxygen atoms in total. The van der Waals surface area contributed by atoms with Gasteiger partial charge in [0.1, 0.15) is 5.02 Å². The Kier molecular flexibility index (Phi) is 6.80. The lowest BCUT2D eigenvalue weighted by Gasteiger charge is -2.34. The molecule has 3 atom stereocenters. The van der Waals surface area contributed by atoms with E-state index in [1.165, 1.54) is 6.07 Å². The fraction of sp³-hybridized carbons (Fsp3) is 0.381. The SMILES string of the molecule is O=[N+]([O-])c1cccc(-c2nnnn2CC2CC(Cl)CC[C@@H]2OCc2ccccc2)c1Cl. The molecule has 2 unspecified atom stereocenters. The van der Waals surface area contributed by atoms with Crippen LogP contribution in [0.4, 0.5) is 5.69 Å². The number of aromatic nitrogens is 4. The van der Waals surface area contributed by atoms with Crippen LogP contribution in [0.25, 0.3) is 11.4 Å². The highest BCUT2D eigenvalue weighted by molar-refractivity contribution is 6.35. The predicted octanol–water partition coefficient (Wildman–Crippen LogP) is 4.89. The van der Waals surface area contributed by atoms with Gasteiger partial charge in [0, 0.05) is 22.9 Å². The van der Waals surface area contributed by atoms with Gasteiger partial charge in [0.25, 0.3) is 5.69 Å². The zero-order chi connectivity index (χ0) is 21.8. The molecule has 0 saturated heterocycles. The summed E-state index contributed by atoms with van der Waals surface area (Å²) in [6, 6.07) is 14.6. The molecule has 1 heterocycles. The van der Waals surface area contributed by atoms with Gasteiger partial charge in [-0.25, -0.2) is 4.68 Å². The molecule has 3 aromatic rings. The number of hydrogen-bond acceptors (Lipinski definition) is 6. The number of benzene rings is 2. The van der Waals surface area contributed by atoms with Gasteiger partial charge in [-0.15, -0.1) is 16.7 Å². The molecular weight excluding hydrogens is 441 g/mol. The van der Waals surface area contributed by atoms with E-state index in [2.05, 4.69) is 15.5 Å². The number of alkyl halides is 1. The van der Waals surface area contributed by atoms with E-state index in [1.807, 2.05) is 30.3 Å². The second-order valence-electron chi connectivity index (χ2n) is 7.59. The predicted molar refractivity (Wildman–Crippen MR) is 117 cm³/mol. The van der Waals surface area contributed by atoms with E-state index in [-0.39, 0.29) is 28.1 Å². The van der Waals surface area contributed by atoms with E-state index in [4.69, 9.17) is 27.9 Å². The van der Waals surface area contributed by atoms with Crippen LogP contribution in [0.3, 0.4) is 0 Å². The lowest BCUT2D eigenvalue weighted by molar-refractivity contribution is -0.384. The molecule has 1 aliphatic rings. The van der Waals surface area contributed by atoms with Gasteiger partial charge in [-0.1, -0.05) is 48.0 Å². The van der Waals surface area contributed by atoms with E-state index in [0.29, 0.717) is 24.5 Å². The number of nitrogens with zero attached hydrogens (tertiary/aromatic N) is 5. The molecule has 0 aliphatic heterocycles. The summed E-state index contributed by atoms with van der Waals surface area (Å²) >= 11 is 12.7. The van der Waals surface area contributed by atoms with Crippen molar-refractivity contribution >= 4 is 28.9 Å². The maximum Gasteiger partial charge on any atom is 0.288 e.